The Hall–Kier alpha value is -0.600. The van der Waals surface area contributed by atoms with Crippen LogP contribution in [0.3, 0.4) is 0 Å². The summed E-state index contributed by atoms with van der Waals surface area (Å²) in [7, 11) is 0. The van der Waals surface area contributed by atoms with Gasteiger partial charge >= 0.3 is 51.5 Å². The zero-order valence-electron chi connectivity index (χ0n) is 7.78. The molecule has 8 heteroatoms. The van der Waals surface area contributed by atoms with Gasteiger partial charge in [-0.05, 0) is 12.1 Å². The van der Waals surface area contributed by atoms with Gasteiger partial charge in [0.1, 0.15) is 11.3 Å². The van der Waals surface area contributed by atoms with Crippen LogP contribution in [-0.2, 0) is 6.24 Å². The molecule has 3 N–H and O–H groups in total. The fourth-order valence-electron chi connectivity index (χ4n) is 0.654. The molecule has 0 atom stereocenters. The van der Waals surface area contributed by atoms with E-state index in [-0.39, 0.29) is 37.7 Å². The molecule has 0 aliphatic rings. The number of rotatable bonds is 1. The average Bonchev–Trinajstić information content (AvgIpc) is 2.01. The van der Waals surface area contributed by atoms with Crippen LogP contribution in [0.15, 0.2) is 24.3 Å². The zero-order valence-corrected chi connectivity index (χ0v) is 10.6. The van der Waals surface area contributed by atoms with Crippen LogP contribution >= 0.6 is 0 Å². The summed E-state index contributed by atoms with van der Waals surface area (Å²) in [5, 5.41) is 17.3. The molecule has 0 aliphatic carbocycles. The van der Waals surface area contributed by atoms with Gasteiger partial charge in [-0.2, -0.15) is 0 Å². The van der Waals surface area contributed by atoms with E-state index < -0.39 is 12.2 Å². The van der Waals surface area contributed by atoms with Gasteiger partial charge in [0.05, 0.1) is 0 Å². The van der Waals surface area contributed by atoms with Crippen molar-refractivity contribution in [3.63, 3.8) is 0 Å². The first-order chi connectivity index (χ1) is 6.72. The fraction of sp³-hybridized carbons (Fsp3) is 0. The number of carboxylic acid groups (broad SMARTS) is 1. The molecular formula is C7H7NaO6S. The van der Waals surface area contributed by atoms with Crippen LogP contribution < -0.4 is 0 Å². The molecule has 0 spiro atoms. The van der Waals surface area contributed by atoms with Crippen molar-refractivity contribution in [2.45, 2.75) is 0 Å². The Kier molecular flexibility index (Phi) is 5.84. The van der Waals surface area contributed by atoms with Gasteiger partial charge in [-0.25, -0.2) is 4.79 Å². The van der Waals surface area contributed by atoms with Crippen LogP contribution in [0.25, 0.3) is 0 Å². The quantitative estimate of drug-likeness (QED) is 0.473. The van der Waals surface area contributed by atoms with Crippen LogP contribution in [0, 0.1) is 0 Å². The molecule has 0 fully saturated rings. The van der Waals surface area contributed by atoms with E-state index in [1.807, 2.05) is 0 Å². The summed E-state index contributed by atoms with van der Waals surface area (Å²) in [6, 6.07) is 5.81. The Balaban J connectivity index is 0.000000336. The van der Waals surface area contributed by atoms with Crippen molar-refractivity contribution in [1.82, 2.24) is 0 Å². The number of aromatic hydroxyl groups is 1. The van der Waals surface area contributed by atoms with E-state index in [1.165, 1.54) is 12.1 Å². The first kappa shape index (κ1) is 14.4. The SMILES string of the molecule is O=C(O)c1ccccc1O.O=[S](=O)(O)[Na]. The summed E-state index contributed by atoms with van der Waals surface area (Å²) >= 11 is -0.164. The van der Waals surface area contributed by atoms with Gasteiger partial charge < -0.3 is 10.2 Å². The average molecular weight is 242 g/mol. The van der Waals surface area contributed by atoms with Gasteiger partial charge in [0.15, 0.2) is 0 Å². The minimum absolute atomic E-state index is 0.0671. The molecule has 6 nitrogen and oxygen atoms in total. The number of phenols is 1. The first-order valence-corrected chi connectivity index (χ1v) is 7.95. The Morgan fingerprint density at radius 2 is 1.67 bits per heavy atom. The first-order valence-electron chi connectivity index (χ1n) is 3.65. The third-order valence-electron chi connectivity index (χ3n) is 1.13. The maximum atomic E-state index is 10.3. The van der Waals surface area contributed by atoms with Crippen LogP contribution in [0.4, 0.5) is 0 Å². The third kappa shape index (κ3) is 8.40. The Labute approximate surface area is 102 Å². The monoisotopic (exact) mass is 242 g/mol. The molecule has 1 aromatic rings. The molecule has 0 amide bonds. The predicted octanol–water partition coefficient (Wildman–Crippen LogP) is 0.0481. The minimum atomic E-state index is -3.53. The second-order valence-electron chi connectivity index (χ2n) is 2.56. The van der Waals surface area contributed by atoms with Crippen molar-refractivity contribution >= 4 is 38.6 Å². The fourth-order valence-corrected chi connectivity index (χ4v) is 0.654. The molecule has 0 saturated heterocycles. The number of carbonyl (C=O) groups is 1. The molecule has 1 aromatic carbocycles. The molecule has 0 saturated carbocycles. The number of hydrogen-bond donors (Lipinski definition) is 3. The van der Waals surface area contributed by atoms with Crippen molar-refractivity contribution in [2.24, 2.45) is 0 Å². The Morgan fingerprint density at radius 1 is 1.27 bits per heavy atom. The van der Waals surface area contributed by atoms with E-state index in [0.29, 0.717) is 0 Å². The van der Waals surface area contributed by atoms with Crippen LogP contribution in [0.5, 0.6) is 5.75 Å². The van der Waals surface area contributed by atoms with Crippen molar-refractivity contribution < 1.29 is 28.0 Å². The van der Waals surface area contributed by atoms with Gasteiger partial charge in [-0.3, -0.25) is 0 Å². The molecule has 78 valence electrons. The summed E-state index contributed by atoms with van der Waals surface area (Å²) < 4.78 is 26.1. The van der Waals surface area contributed by atoms with E-state index >= 15 is 0 Å². The standard InChI is InChI=1S/C7H6O3.Na.HO3S/c8-6-4-2-1-3-5(6)7(9)10;;1-4(2)3/h1-4,8H,(H,9,10);;(H,1,2,3). The number of aromatic carboxylic acids is 1. The van der Waals surface area contributed by atoms with Crippen LogP contribution in [0.1, 0.15) is 10.4 Å². The van der Waals surface area contributed by atoms with E-state index in [2.05, 4.69) is 0 Å². The molecule has 0 heterocycles. The molecular weight excluding hydrogens is 235 g/mol. The molecule has 1 rings (SSSR count). The maximum absolute atomic E-state index is 10.3. The van der Waals surface area contributed by atoms with E-state index in [4.69, 9.17) is 14.8 Å². The topological polar surface area (TPSA) is 112 Å². The van der Waals surface area contributed by atoms with Crippen molar-refractivity contribution in [3.8, 4) is 5.75 Å². The third-order valence-corrected chi connectivity index (χ3v) is 1.13. The molecule has 0 radical (unpaired) electrons. The number of hydrogen-bond acceptors (Lipinski definition) is 4. The van der Waals surface area contributed by atoms with E-state index in [9.17, 15) is 13.2 Å². The second-order valence-corrected chi connectivity index (χ2v) is 7.12. The van der Waals surface area contributed by atoms with Gasteiger partial charge in [-0.1, -0.05) is 12.1 Å². The summed E-state index contributed by atoms with van der Waals surface area (Å²) in [5.74, 6) is -1.31. The van der Waals surface area contributed by atoms with Crippen molar-refractivity contribution in [2.75, 3.05) is 0 Å². The van der Waals surface area contributed by atoms with Crippen molar-refractivity contribution in [1.29, 1.82) is 0 Å². The van der Waals surface area contributed by atoms with Crippen LogP contribution in [-0.4, -0.2) is 55.5 Å². The summed E-state index contributed by atoms with van der Waals surface area (Å²) in [6.07, 6.45) is -3.53. The summed E-state index contributed by atoms with van der Waals surface area (Å²) in [5.41, 5.74) is -0.0671. The van der Waals surface area contributed by atoms with Crippen molar-refractivity contribution in [3.05, 3.63) is 29.8 Å². The molecule has 0 bridgehead atoms. The predicted molar refractivity (Wildman–Crippen MR) is 52.4 cm³/mol. The summed E-state index contributed by atoms with van der Waals surface area (Å²) in [6.45, 7) is 0. The van der Waals surface area contributed by atoms with E-state index in [1.54, 1.807) is 12.1 Å². The Morgan fingerprint density at radius 3 is 1.93 bits per heavy atom. The van der Waals surface area contributed by atoms with Crippen LogP contribution in [0.2, 0.25) is 0 Å². The van der Waals surface area contributed by atoms with Gasteiger partial charge in [0, 0.05) is 0 Å². The second kappa shape index (κ2) is 6.09. The number of para-hydroxylation sites is 1. The van der Waals surface area contributed by atoms with Gasteiger partial charge in [0.2, 0.25) is 0 Å². The molecule has 0 unspecified atom stereocenters. The van der Waals surface area contributed by atoms with Gasteiger partial charge in [-0.15, -0.1) is 0 Å². The normalized spacial score (nSPS) is 10.1. The molecule has 0 aliphatic heterocycles. The summed E-state index contributed by atoms with van der Waals surface area (Å²) in [4.78, 5) is 10.3. The van der Waals surface area contributed by atoms with E-state index in [0.717, 1.165) is 0 Å². The van der Waals surface area contributed by atoms with Gasteiger partial charge in [0.25, 0.3) is 0 Å². The number of carboxylic acids is 1. The zero-order chi connectivity index (χ0) is 12.1. The Bertz CT molecular complexity index is 433. The number of benzene rings is 1. The molecule has 15 heavy (non-hydrogen) atoms. The molecule has 0 aromatic heterocycles.